The van der Waals surface area contributed by atoms with Crippen LogP contribution in [0.3, 0.4) is 0 Å². The van der Waals surface area contributed by atoms with Crippen molar-refractivity contribution in [2.24, 2.45) is 10.9 Å². The quantitative estimate of drug-likeness (QED) is 0.371. The van der Waals surface area contributed by atoms with E-state index >= 15 is 0 Å². The van der Waals surface area contributed by atoms with Crippen LogP contribution in [0.15, 0.2) is 17.4 Å². The number of anilines is 1. The number of rotatable bonds is 2. The van der Waals surface area contributed by atoms with Gasteiger partial charge in [-0.15, -0.1) is 0 Å². The second-order valence-electron chi connectivity index (χ2n) is 5.20. The Kier molecular flexibility index (Phi) is 4.24. The number of aryl methyl sites for hydroxylation is 1. The summed E-state index contributed by atoms with van der Waals surface area (Å²) < 4.78 is 0. The van der Waals surface area contributed by atoms with Gasteiger partial charge in [0.2, 0.25) is 0 Å². The van der Waals surface area contributed by atoms with Crippen molar-refractivity contribution in [1.82, 2.24) is 4.98 Å². The van der Waals surface area contributed by atoms with Crippen LogP contribution in [0.4, 0.5) is 5.82 Å². The predicted molar refractivity (Wildman–Crippen MR) is 76.8 cm³/mol. The molecule has 0 aromatic carbocycles. The van der Waals surface area contributed by atoms with E-state index in [9.17, 15) is 0 Å². The molecule has 1 atom stereocenters. The normalized spacial score (nSPS) is 21.3. The third-order valence-electron chi connectivity index (χ3n) is 3.83. The average Bonchev–Trinajstić information content (AvgIpc) is 2.62. The van der Waals surface area contributed by atoms with E-state index in [1.54, 1.807) is 6.20 Å². The first-order valence-corrected chi connectivity index (χ1v) is 6.85. The minimum Gasteiger partial charge on any atom is -0.409 e. The zero-order chi connectivity index (χ0) is 13.8. The molecular formula is C14H22N4O. The maximum Gasteiger partial charge on any atom is 0.174 e. The highest BCUT2D eigenvalue weighted by molar-refractivity contribution is 6.02. The third kappa shape index (κ3) is 2.80. The van der Waals surface area contributed by atoms with Gasteiger partial charge in [-0.25, -0.2) is 4.98 Å². The predicted octanol–water partition coefficient (Wildman–Crippen LogP) is 2.25. The van der Waals surface area contributed by atoms with E-state index in [-0.39, 0.29) is 5.84 Å². The van der Waals surface area contributed by atoms with Crippen LogP contribution in [0.2, 0.25) is 0 Å². The van der Waals surface area contributed by atoms with Crippen LogP contribution in [-0.4, -0.2) is 28.6 Å². The maximum atomic E-state index is 8.97. The van der Waals surface area contributed by atoms with Crippen molar-refractivity contribution >= 4 is 11.7 Å². The highest BCUT2D eigenvalue weighted by atomic mass is 16.4. The topological polar surface area (TPSA) is 74.7 Å². The summed E-state index contributed by atoms with van der Waals surface area (Å²) in [6, 6.07) is 2.32. The minimum absolute atomic E-state index is 0.136. The summed E-state index contributed by atoms with van der Waals surface area (Å²) in [6.45, 7) is 5.15. The van der Waals surface area contributed by atoms with Gasteiger partial charge in [-0.1, -0.05) is 18.0 Å². The molecule has 19 heavy (non-hydrogen) atoms. The molecule has 1 aliphatic heterocycles. The first-order chi connectivity index (χ1) is 9.15. The monoisotopic (exact) mass is 262 g/mol. The summed E-state index contributed by atoms with van der Waals surface area (Å²) >= 11 is 0. The molecule has 1 unspecified atom stereocenters. The summed E-state index contributed by atoms with van der Waals surface area (Å²) in [6.07, 6.45) is 6.62. The second-order valence-corrected chi connectivity index (χ2v) is 5.20. The molecule has 5 heteroatoms. The van der Waals surface area contributed by atoms with Gasteiger partial charge in [0.1, 0.15) is 5.82 Å². The minimum atomic E-state index is 0.136. The Hall–Kier alpha value is -1.78. The molecule has 1 aromatic rings. The van der Waals surface area contributed by atoms with E-state index in [0.29, 0.717) is 6.04 Å². The summed E-state index contributed by atoms with van der Waals surface area (Å²) in [7, 11) is 0. The molecule has 0 spiro atoms. The number of nitrogens with zero attached hydrogens (tertiary/aromatic N) is 3. The Morgan fingerprint density at radius 2 is 2.26 bits per heavy atom. The SMILES string of the molecule is Cc1ccnc(N2CCCCCC2C)c1/C(N)=N/O. The highest BCUT2D eigenvalue weighted by Gasteiger charge is 2.23. The first kappa shape index (κ1) is 13.6. The Balaban J connectivity index is 2.45. The molecule has 0 amide bonds. The molecule has 0 radical (unpaired) electrons. The van der Waals surface area contributed by atoms with E-state index in [1.807, 2.05) is 13.0 Å². The number of nitrogens with two attached hydrogens (primary N) is 1. The molecule has 3 N–H and O–H groups in total. The number of hydrogen-bond donors (Lipinski definition) is 2. The van der Waals surface area contributed by atoms with Crippen molar-refractivity contribution in [1.29, 1.82) is 0 Å². The van der Waals surface area contributed by atoms with Crippen LogP contribution in [0.5, 0.6) is 0 Å². The van der Waals surface area contributed by atoms with Crippen LogP contribution in [0, 0.1) is 6.92 Å². The lowest BCUT2D eigenvalue weighted by molar-refractivity contribution is 0.318. The fraction of sp³-hybridized carbons (Fsp3) is 0.571. The summed E-state index contributed by atoms with van der Waals surface area (Å²) in [5.41, 5.74) is 7.55. The van der Waals surface area contributed by atoms with Crippen molar-refractivity contribution in [3.05, 3.63) is 23.4 Å². The van der Waals surface area contributed by atoms with Crippen LogP contribution in [0.1, 0.15) is 43.7 Å². The molecule has 5 nitrogen and oxygen atoms in total. The lowest BCUT2D eigenvalue weighted by Crippen LogP contribution is -2.35. The third-order valence-corrected chi connectivity index (χ3v) is 3.83. The molecule has 0 saturated carbocycles. The fourth-order valence-electron chi connectivity index (χ4n) is 2.72. The molecule has 104 valence electrons. The van der Waals surface area contributed by atoms with E-state index in [0.717, 1.165) is 36.3 Å². The van der Waals surface area contributed by atoms with E-state index in [2.05, 4.69) is 22.0 Å². The average molecular weight is 262 g/mol. The van der Waals surface area contributed by atoms with Crippen molar-refractivity contribution in [3.63, 3.8) is 0 Å². The molecule has 1 fully saturated rings. The number of hydrogen-bond acceptors (Lipinski definition) is 4. The van der Waals surface area contributed by atoms with Gasteiger partial charge in [-0.3, -0.25) is 0 Å². The molecular weight excluding hydrogens is 240 g/mol. The number of pyridine rings is 1. The summed E-state index contributed by atoms with van der Waals surface area (Å²) in [4.78, 5) is 6.76. The van der Waals surface area contributed by atoms with Crippen molar-refractivity contribution in [2.45, 2.75) is 45.6 Å². The van der Waals surface area contributed by atoms with Crippen LogP contribution in [-0.2, 0) is 0 Å². The molecule has 2 heterocycles. The Labute approximate surface area is 114 Å². The molecule has 2 rings (SSSR count). The summed E-state index contributed by atoms with van der Waals surface area (Å²) in [5, 5.41) is 12.1. The van der Waals surface area contributed by atoms with E-state index in [4.69, 9.17) is 10.9 Å². The van der Waals surface area contributed by atoms with Gasteiger partial charge in [0.15, 0.2) is 5.84 Å². The Bertz CT molecular complexity index is 473. The van der Waals surface area contributed by atoms with Crippen LogP contribution < -0.4 is 10.6 Å². The molecule has 1 aromatic heterocycles. The summed E-state index contributed by atoms with van der Waals surface area (Å²) in [5.74, 6) is 0.974. The zero-order valence-corrected chi connectivity index (χ0v) is 11.6. The van der Waals surface area contributed by atoms with Crippen molar-refractivity contribution in [2.75, 3.05) is 11.4 Å². The Morgan fingerprint density at radius 3 is 3.00 bits per heavy atom. The van der Waals surface area contributed by atoms with Gasteiger partial charge in [0.05, 0.1) is 5.56 Å². The molecule has 0 aliphatic carbocycles. The molecule has 1 aliphatic rings. The van der Waals surface area contributed by atoms with Crippen LogP contribution >= 0.6 is 0 Å². The van der Waals surface area contributed by atoms with Gasteiger partial charge in [-0.2, -0.15) is 0 Å². The van der Waals surface area contributed by atoms with E-state index < -0.39 is 0 Å². The number of aromatic nitrogens is 1. The fourth-order valence-corrected chi connectivity index (χ4v) is 2.72. The van der Waals surface area contributed by atoms with E-state index in [1.165, 1.54) is 12.8 Å². The molecule has 0 bridgehead atoms. The molecule has 1 saturated heterocycles. The van der Waals surface area contributed by atoms with Crippen LogP contribution in [0.25, 0.3) is 0 Å². The largest absolute Gasteiger partial charge is 0.409 e. The first-order valence-electron chi connectivity index (χ1n) is 6.85. The zero-order valence-electron chi connectivity index (χ0n) is 11.6. The lowest BCUT2D eigenvalue weighted by Gasteiger charge is -2.30. The highest BCUT2D eigenvalue weighted by Crippen LogP contribution is 2.27. The van der Waals surface area contributed by atoms with Gasteiger partial charge in [0, 0.05) is 18.8 Å². The van der Waals surface area contributed by atoms with Crippen molar-refractivity contribution in [3.8, 4) is 0 Å². The smallest absolute Gasteiger partial charge is 0.174 e. The van der Waals surface area contributed by atoms with Gasteiger partial charge < -0.3 is 15.8 Å². The van der Waals surface area contributed by atoms with Gasteiger partial charge >= 0.3 is 0 Å². The van der Waals surface area contributed by atoms with Gasteiger partial charge in [0.25, 0.3) is 0 Å². The number of oxime groups is 1. The lowest BCUT2D eigenvalue weighted by atomic mass is 10.1. The maximum absolute atomic E-state index is 8.97. The Morgan fingerprint density at radius 1 is 1.47 bits per heavy atom. The second kappa shape index (κ2) is 5.91. The van der Waals surface area contributed by atoms with Crippen molar-refractivity contribution < 1.29 is 5.21 Å². The number of amidine groups is 1. The standard InChI is InChI=1S/C14H22N4O/c1-10-7-8-16-14(12(10)13(15)17-19)18-9-5-3-4-6-11(18)2/h7-8,11,19H,3-6,9H2,1-2H3,(H2,15,17). The van der Waals surface area contributed by atoms with Gasteiger partial charge in [-0.05, 0) is 38.3 Å².